The van der Waals surface area contributed by atoms with E-state index in [1.165, 1.54) is 11.1 Å². The number of fused-ring (bicyclic) bond motifs is 1. The lowest BCUT2D eigenvalue weighted by atomic mass is 9.84. The van der Waals surface area contributed by atoms with Gasteiger partial charge in [-0.15, -0.1) is 0 Å². The number of piperazine rings is 1. The van der Waals surface area contributed by atoms with Gasteiger partial charge in [0.05, 0.1) is 12.1 Å². The first-order valence-corrected chi connectivity index (χ1v) is 7.86. The highest BCUT2D eigenvalue weighted by Gasteiger charge is 2.45. The smallest absolute Gasteiger partial charge is 0.240 e. The van der Waals surface area contributed by atoms with E-state index in [4.69, 9.17) is 4.79 Å². The topological polar surface area (TPSA) is 40.6 Å². The average molecular weight is 304 g/mol. The molecule has 0 aromatic rings. The zero-order chi connectivity index (χ0) is 16.9. The first-order chi connectivity index (χ1) is 10.6. The molecule has 0 spiro atoms. The number of nitrogens with zero attached hydrogens (tertiary/aromatic N) is 2. The fourth-order valence-corrected chi connectivity index (χ4v) is 3.59. The van der Waals surface area contributed by atoms with Crippen molar-refractivity contribution in [3.05, 3.63) is 36.5 Å². The zero-order valence-electron chi connectivity index (χ0n) is 14.0. The van der Waals surface area contributed by atoms with Crippen molar-refractivity contribution in [2.75, 3.05) is 13.6 Å². The molecule has 22 heavy (non-hydrogen) atoms. The molecule has 0 aliphatic carbocycles. The fraction of sp³-hybridized carbons (Fsp3) is 0.556. The number of rotatable bonds is 4. The predicted octanol–water partition coefficient (Wildman–Crippen LogP) is 2.57. The molecule has 0 aromatic heterocycles. The molecule has 0 aromatic carbocycles. The van der Waals surface area contributed by atoms with Crippen LogP contribution < -0.4 is 0 Å². The number of hydrogen-bond donors (Lipinski definition) is 0. The van der Waals surface area contributed by atoms with Crippen molar-refractivity contribution in [1.82, 2.24) is 9.80 Å². The van der Waals surface area contributed by atoms with Crippen LogP contribution in [0.15, 0.2) is 36.5 Å². The summed E-state index contributed by atoms with van der Waals surface area (Å²) in [6, 6.07) is 0.468. The van der Waals surface area contributed by atoms with E-state index in [0.29, 0.717) is 6.04 Å². The quantitative estimate of drug-likeness (QED) is 0.801. The minimum Gasteiger partial charge on any atom is -0.332 e. The minimum absolute atomic E-state index is 0.0302. The van der Waals surface area contributed by atoms with E-state index in [-0.39, 0.29) is 18.0 Å². The monoisotopic (exact) mass is 304 g/mol. The van der Waals surface area contributed by atoms with Crippen LogP contribution in [0.4, 0.5) is 0 Å². The van der Waals surface area contributed by atoms with E-state index < -0.39 is 0 Å². The maximum absolute atomic E-state index is 12.8. The molecule has 0 saturated carbocycles. The lowest BCUT2D eigenvalue weighted by molar-refractivity contribution is -0.148. The van der Waals surface area contributed by atoms with Gasteiger partial charge in [0.25, 0.3) is 0 Å². The van der Waals surface area contributed by atoms with Crippen LogP contribution in [0.2, 0.25) is 0 Å². The molecule has 2 aliphatic heterocycles. The molecular weight excluding hydrogens is 276 g/mol. The predicted molar refractivity (Wildman–Crippen MR) is 90.6 cm³/mol. The first kappa shape index (κ1) is 18.4. The van der Waals surface area contributed by atoms with Crippen molar-refractivity contribution < 1.29 is 9.59 Å². The molecule has 1 saturated heterocycles. The average Bonchev–Trinajstić information content (AvgIpc) is 2.57. The van der Waals surface area contributed by atoms with Gasteiger partial charge < -0.3 is 9.69 Å². The Morgan fingerprint density at radius 3 is 2.41 bits per heavy atom. The van der Waals surface area contributed by atoms with E-state index in [0.717, 1.165) is 25.8 Å². The molecule has 4 heteroatoms. The van der Waals surface area contributed by atoms with E-state index in [1.807, 2.05) is 18.9 Å². The number of likely N-dealkylation sites (N-methyl/N-ethyl adjacent to an activating group) is 1. The molecule has 0 N–H and O–H groups in total. The van der Waals surface area contributed by atoms with Gasteiger partial charge in [-0.1, -0.05) is 38.7 Å². The third kappa shape index (κ3) is 3.07. The van der Waals surface area contributed by atoms with Crippen molar-refractivity contribution in [1.29, 1.82) is 0 Å². The number of hydrogen-bond acceptors (Lipinski definition) is 3. The summed E-state index contributed by atoms with van der Waals surface area (Å²) in [6.45, 7) is 15.0. The molecule has 2 heterocycles. The summed E-state index contributed by atoms with van der Waals surface area (Å²) < 4.78 is 0. The second kappa shape index (κ2) is 8.08. The Morgan fingerprint density at radius 1 is 1.27 bits per heavy atom. The maximum atomic E-state index is 12.8. The number of carbonyl (C=O) groups is 2. The SMILES string of the molecule is C=CC1=C(C=C)C2C(C)N(C)C(CCC)C(=O)N2CC1.C=O. The summed E-state index contributed by atoms with van der Waals surface area (Å²) in [5, 5.41) is 0. The Bertz CT molecular complexity index is 470. The molecule has 0 bridgehead atoms. The molecule has 1 fully saturated rings. The molecule has 3 unspecified atom stereocenters. The van der Waals surface area contributed by atoms with Crippen molar-refractivity contribution in [3.63, 3.8) is 0 Å². The number of amides is 1. The van der Waals surface area contributed by atoms with Crippen LogP contribution in [0, 0.1) is 0 Å². The molecule has 122 valence electrons. The third-order valence-electron chi connectivity index (χ3n) is 4.83. The Labute approximate surface area is 134 Å². The van der Waals surface area contributed by atoms with Gasteiger partial charge >= 0.3 is 0 Å². The normalized spacial score (nSPS) is 28.6. The second-order valence-corrected chi connectivity index (χ2v) is 5.83. The molecule has 0 radical (unpaired) electrons. The van der Waals surface area contributed by atoms with Crippen LogP contribution in [0.3, 0.4) is 0 Å². The van der Waals surface area contributed by atoms with Crippen LogP contribution in [0.5, 0.6) is 0 Å². The van der Waals surface area contributed by atoms with E-state index >= 15 is 0 Å². The van der Waals surface area contributed by atoms with Gasteiger partial charge in [-0.2, -0.15) is 0 Å². The highest BCUT2D eigenvalue weighted by molar-refractivity contribution is 5.84. The summed E-state index contributed by atoms with van der Waals surface area (Å²) in [5.74, 6) is 0.278. The summed E-state index contributed by atoms with van der Waals surface area (Å²) in [4.78, 5) is 25.1. The molecular formula is C18H28N2O2. The molecule has 4 nitrogen and oxygen atoms in total. The fourth-order valence-electron chi connectivity index (χ4n) is 3.59. The van der Waals surface area contributed by atoms with Gasteiger partial charge in [-0.05, 0) is 38.0 Å². The van der Waals surface area contributed by atoms with Gasteiger partial charge in [-0.3, -0.25) is 9.69 Å². The molecule has 2 aliphatic rings. The van der Waals surface area contributed by atoms with Crippen LogP contribution in [0.25, 0.3) is 0 Å². The van der Waals surface area contributed by atoms with Crippen molar-refractivity contribution in [2.45, 2.75) is 51.2 Å². The van der Waals surface area contributed by atoms with Gasteiger partial charge in [0.15, 0.2) is 0 Å². The summed E-state index contributed by atoms with van der Waals surface area (Å²) in [6.07, 6.45) is 6.69. The molecule has 3 atom stereocenters. The maximum Gasteiger partial charge on any atom is 0.240 e. The Balaban J connectivity index is 0.00000116. The summed E-state index contributed by atoms with van der Waals surface area (Å²) in [5.41, 5.74) is 2.41. The summed E-state index contributed by atoms with van der Waals surface area (Å²) in [7, 11) is 2.07. The first-order valence-electron chi connectivity index (χ1n) is 7.86. The molecule has 1 amide bonds. The minimum atomic E-state index is 0.0302. The van der Waals surface area contributed by atoms with E-state index in [1.54, 1.807) is 0 Å². The second-order valence-electron chi connectivity index (χ2n) is 5.83. The van der Waals surface area contributed by atoms with Crippen LogP contribution in [-0.4, -0.2) is 54.2 Å². The highest BCUT2D eigenvalue weighted by Crippen LogP contribution is 2.34. The zero-order valence-corrected chi connectivity index (χ0v) is 14.0. The Kier molecular flexibility index (Phi) is 6.75. The van der Waals surface area contributed by atoms with Crippen LogP contribution in [0.1, 0.15) is 33.1 Å². The van der Waals surface area contributed by atoms with Crippen molar-refractivity contribution in [2.24, 2.45) is 0 Å². The van der Waals surface area contributed by atoms with Crippen LogP contribution in [-0.2, 0) is 9.59 Å². The van der Waals surface area contributed by atoms with Crippen LogP contribution >= 0.6 is 0 Å². The van der Waals surface area contributed by atoms with Crippen molar-refractivity contribution in [3.8, 4) is 0 Å². The number of allylic oxidation sites excluding steroid dienone is 1. The lowest BCUT2D eigenvalue weighted by Crippen LogP contribution is -2.66. The van der Waals surface area contributed by atoms with E-state index in [2.05, 4.69) is 43.9 Å². The largest absolute Gasteiger partial charge is 0.332 e. The summed E-state index contributed by atoms with van der Waals surface area (Å²) >= 11 is 0. The van der Waals surface area contributed by atoms with Gasteiger partial charge in [0, 0.05) is 12.6 Å². The number of carbonyl (C=O) groups excluding carboxylic acids is 2. The highest BCUT2D eigenvalue weighted by atomic mass is 16.2. The lowest BCUT2D eigenvalue weighted by Gasteiger charge is -2.51. The Hall–Kier alpha value is -1.68. The standard InChI is InChI=1S/C17H26N2O.CH2O/c1-6-9-15-17(20)19-11-10-13(7-2)14(8-3)16(19)12(4)18(15)5;1-2/h7-8,12,15-16H,2-3,6,9-11H2,1,4-5H3;1H2. The Morgan fingerprint density at radius 2 is 1.91 bits per heavy atom. The third-order valence-corrected chi connectivity index (χ3v) is 4.83. The van der Waals surface area contributed by atoms with E-state index in [9.17, 15) is 4.79 Å². The van der Waals surface area contributed by atoms with Gasteiger partial charge in [0.1, 0.15) is 6.79 Å². The van der Waals surface area contributed by atoms with Gasteiger partial charge in [-0.25, -0.2) is 0 Å². The van der Waals surface area contributed by atoms with Gasteiger partial charge in [0.2, 0.25) is 5.91 Å². The molecule has 2 rings (SSSR count). The van der Waals surface area contributed by atoms with Crippen molar-refractivity contribution >= 4 is 12.7 Å².